The molecule has 1 aromatic rings. The third-order valence-electron chi connectivity index (χ3n) is 2.58. The molecular formula is C12H18N4O4. The fourth-order valence-corrected chi connectivity index (χ4v) is 1.53. The first-order valence-electron chi connectivity index (χ1n) is 6.06. The van der Waals surface area contributed by atoms with E-state index in [1.54, 1.807) is 0 Å². The molecule has 0 aromatic carbocycles. The normalized spacial score (nSPS) is 10.6. The zero-order valence-corrected chi connectivity index (χ0v) is 11.5. The molecule has 1 aromatic heterocycles. The van der Waals surface area contributed by atoms with Crippen LogP contribution in [-0.2, 0) is 16.1 Å². The van der Waals surface area contributed by atoms with Crippen molar-refractivity contribution in [3.63, 3.8) is 0 Å². The van der Waals surface area contributed by atoms with Crippen LogP contribution in [0.1, 0.15) is 0 Å². The Kier molecular flexibility index (Phi) is 5.85. The first-order chi connectivity index (χ1) is 9.40. The highest BCUT2D eigenvalue weighted by Crippen LogP contribution is 1.94. The van der Waals surface area contributed by atoms with E-state index >= 15 is 0 Å². The zero-order chi connectivity index (χ0) is 15.1. The van der Waals surface area contributed by atoms with Crippen molar-refractivity contribution < 1.29 is 14.7 Å². The third kappa shape index (κ3) is 5.19. The minimum atomic E-state index is -1.09. The number of aromatic nitrogens is 2. The van der Waals surface area contributed by atoms with Crippen molar-refractivity contribution in [2.75, 3.05) is 33.7 Å². The number of amides is 1. The van der Waals surface area contributed by atoms with Gasteiger partial charge in [0.05, 0.1) is 0 Å². The lowest BCUT2D eigenvalue weighted by atomic mass is 10.4. The van der Waals surface area contributed by atoms with E-state index in [0.717, 1.165) is 4.57 Å². The first kappa shape index (κ1) is 15.8. The number of carbonyl (C=O) groups is 2. The molecule has 0 saturated heterocycles. The molecule has 0 unspecified atom stereocenters. The third-order valence-corrected chi connectivity index (χ3v) is 2.58. The minimum Gasteiger partial charge on any atom is -0.480 e. The van der Waals surface area contributed by atoms with E-state index in [2.05, 4.69) is 4.98 Å². The van der Waals surface area contributed by atoms with Crippen molar-refractivity contribution in [2.24, 2.45) is 0 Å². The number of rotatable bonds is 7. The lowest BCUT2D eigenvalue weighted by Crippen LogP contribution is -2.42. The molecule has 20 heavy (non-hydrogen) atoms. The maximum absolute atomic E-state index is 12.1. The second-order valence-corrected chi connectivity index (χ2v) is 4.54. The molecule has 1 amide bonds. The van der Waals surface area contributed by atoms with E-state index in [-0.39, 0.29) is 19.6 Å². The molecule has 0 fully saturated rings. The number of aliphatic carboxylic acids is 1. The van der Waals surface area contributed by atoms with Crippen molar-refractivity contribution in [1.29, 1.82) is 0 Å². The maximum atomic E-state index is 12.1. The highest BCUT2D eigenvalue weighted by molar-refractivity contribution is 5.81. The Morgan fingerprint density at radius 2 is 2.05 bits per heavy atom. The molecule has 0 saturated carbocycles. The summed E-state index contributed by atoms with van der Waals surface area (Å²) in [6.07, 6.45) is 2.78. The summed E-state index contributed by atoms with van der Waals surface area (Å²) in [6.45, 7) is 0.225. The summed E-state index contributed by atoms with van der Waals surface area (Å²) < 4.78 is 1.15. The number of likely N-dealkylation sites (N-methyl/N-ethyl adjacent to an activating group) is 1. The zero-order valence-electron chi connectivity index (χ0n) is 11.5. The van der Waals surface area contributed by atoms with Crippen molar-refractivity contribution >= 4 is 11.9 Å². The Labute approximate surface area is 116 Å². The standard InChI is InChI=1S/C12H18N4O4/c1-14(2)6-7-15(9-11(18)19)10(17)8-16-5-3-4-13-12(16)20/h3-5H,6-9H2,1-2H3,(H,18,19). The molecule has 0 aliphatic rings. The van der Waals surface area contributed by atoms with Gasteiger partial charge < -0.3 is 14.9 Å². The fraction of sp³-hybridized carbons (Fsp3) is 0.500. The number of hydrogen-bond acceptors (Lipinski definition) is 5. The van der Waals surface area contributed by atoms with Crippen LogP contribution in [0.2, 0.25) is 0 Å². The SMILES string of the molecule is CN(C)CCN(CC(=O)O)C(=O)Cn1cccnc1=O. The second-order valence-electron chi connectivity index (χ2n) is 4.54. The summed E-state index contributed by atoms with van der Waals surface area (Å²) >= 11 is 0. The van der Waals surface area contributed by atoms with Gasteiger partial charge in [0.2, 0.25) is 5.91 Å². The summed E-state index contributed by atoms with van der Waals surface area (Å²) in [4.78, 5) is 40.9. The summed E-state index contributed by atoms with van der Waals surface area (Å²) in [5.74, 6) is -1.51. The molecule has 1 rings (SSSR count). The van der Waals surface area contributed by atoms with Crippen LogP contribution in [0, 0.1) is 0 Å². The van der Waals surface area contributed by atoms with Gasteiger partial charge in [0, 0.05) is 25.5 Å². The van der Waals surface area contributed by atoms with Crippen LogP contribution in [-0.4, -0.2) is 70.1 Å². The summed E-state index contributed by atoms with van der Waals surface area (Å²) in [5, 5.41) is 8.83. The maximum Gasteiger partial charge on any atom is 0.347 e. The van der Waals surface area contributed by atoms with Crippen molar-refractivity contribution in [3.05, 3.63) is 28.9 Å². The number of carbonyl (C=O) groups excluding carboxylic acids is 1. The van der Waals surface area contributed by atoms with E-state index in [1.807, 2.05) is 19.0 Å². The van der Waals surface area contributed by atoms with Crippen molar-refractivity contribution in [1.82, 2.24) is 19.4 Å². The van der Waals surface area contributed by atoms with Gasteiger partial charge in [-0.3, -0.25) is 14.2 Å². The van der Waals surface area contributed by atoms with Gasteiger partial charge in [-0.05, 0) is 20.2 Å². The monoisotopic (exact) mass is 282 g/mol. The topological polar surface area (TPSA) is 95.7 Å². The summed E-state index contributed by atoms with van der Waals surface area (Å²) in [6, 6.07) is 1.54. The van der Waals surface area contributed by atoms with Gasteiger partial charge in [0.15, 0.2) is 0 Å². The predicted molar refractivity (Wildman–Crippen MR) is 71.3 cm³/mol. The Hall–Kier alpha value is -2.22. The van der Waals surface area contributed by atoms with E-state index in [9.17, 15) is 14.4 Å². The molecule has 1 N–H and O–H groups in total. The average molecular weight is 282 g/mol. The largest absolute Gasteiger partial charge is 0.480 e. The molecule has 0 radical (unpaired) electrons. The molecule has 0 bridgehead atoms. The molecule has 8 nitrogen and oxygen atoms in total. The highest BCUT2D eigenvalue weighted by Gasteiger charge is 2.17. The quantitative estimate of drug-likeness (QED) is 0.669. The lowest BCUT2D eigenvalue weighted by Gasteiger charge is -2.22. The Morgan fingerprint density at radius 1 is 1.35 bits per heavy atom. The van der Waals surface area contributed by atoms with Crippen LogP contribution in [0.5, 0.6) is 0 Å². The van der Waals surface area contributed by atoms with E-state index in [0.29, 0.717) is 6.54 Å². The fourth-order valence-electron chi connectivity index (χ4n) is 1.53. The summed E-state index contributed by atoms with van der Waals surface area (Å²) in [7, 11) is 3.66. The number of carboxylic acid groups (broad SMARTS) is 1. The van der Waals surface area contributed by atoms with Gasteiger partial charge in [-0.15, -0.1) is 0 Å². The predicted octanol–water partition coefficient (Wildman–Crippen LogP) is -1.28. The van der Waals surface area contributed by atoms with Crippen LogP contribution in [0.4, 0.5) is 0 Å². The van der Waals surface area contributed by atoms with Crippen molar-refractivity contribution in [2.45, 2.75) is 6.54 Å². The Bertz CT molecular complexity index is 526. The van der Waals surface area contributed by atoms with E-state index in [1.165, 1.54) is 23.4 Å². The molecule has 0 spiro atoms. The molecule has 1 heterocycles. The lowest BCUT2D eigenvalue weighted by molar-refractivity contribution is -0.144. The van der Waals surface area contributed by atoms with E-state index < -0.39 is 17.6 Å². The molecule has 0 atom stereocenters. The molecule has 0 aliphatic heterocycles. The van der Waals surface area contributed by atoms with Gasteiger partial charge in [-0.25, -0.2) is 9.78 Å². The van der Waals surface area contributed by atoms with Gasteiger partial charge in [-0.1, -0.05) is 0 Å². The number of hydrogen-bond donors (Lipinski definition) is 1. The molecule has 8 heteroatoms. The van der Waals surface area contributed by atoms with Gasteiger partial charge in [-0.2, -0.15) is 0 Å². The smallest absolute Gasteiger partial charge is 0.347 e. The average Bonchev–Trinajstić information content (AvgIpc) is 2.36. The number of nitrogens with zero attached hydrogens (tertiary/aromatic N) is 4. The first-order valence-corrected chi connectivity index (χ1v) is 6.06. The highest BCUT2D eigenvalue weighted by atomic mass is 16.4. The van der Waals surface area contributed by atoms with Crippen LogP contribution in [0.15, 0.2) is 23.3 Å². The number of carboxylic acids is 1. The van der Waals surface area contributed by atoms with Crippen LogP contribution in [0.25, 0.3) is 0 Å². The Balaban J connectivity index is 2.74. The van der Waals surface area contributed by atoms with Crippen LogP contribution in [0.3, 0.4) is 0 Å². The van der Waals surface area contributed by atoms with Gasteiger partial charge in [0.25, 0.3) is 0 Å². The van der Waals surface area contributed by atoms with E-state index in [4.69, 9.17) is 5.11 Å². The Morgan fingerprint density at radius 3 is 2.60 bits per heavy atom. The molecule has 110 valence electrons. The van der Waals surface area contributed by atoms with Gasteiger partial charge >= 0.3 is 11.7 Å². The minimum absolute atomic E-state index is 0.215. The van der Waals surface area contributed by atoms with Crippen LogP contribution < -0.4 is 5.69 Å². The second kappa shape index (κ2) is 7.39. The molecular weight excluding hydrogens is 264 g/mol. The summed E-state index contributed by atoms with van der Waals surface area (Å²) in [5.41, 5.74) is -0.538. The van der Waals surface area contributed by atoms with Gasteiger partial charge in [0.1, 0.15) is 13.1 Å². The van der Waals surface area contributed by atoms with Crippen LogP contribution >= 0.6 is 0 Å². The molecule has 0 aliphatic carbocycles. The van der Waals surface area contributed by atoms with Crippen molar-refractivity contribution in [3.8, 4) is 0 Å².